The van der Waals surface area contributed by atoms with E-state index in [0.29, 0.717) is 35.9 Å². The standard InChI is InChI=1S/C12H16N6O2/c1-7-5-10(17-13)9(6-15-7)12(19)14-4-3-11-16-8(2)20-18-11/h5-6H,3-4,13H2,1-2H3,(H,14,19)(H,15,17). The van der Waals surface area contributed by atoms with Gasteiger partial charge in [-0.1, -0.05) is 5.16 Å². The van der Waals surface area contributed by atoms with Gasteiger partial charge in [-0.25, -0.2) is 0 Å². The van der Waals surface area contributed by atoms with E-state index < -0.39 is 0 Å². The first kappa shape index (κ1) is 13.9. The Labute approximate surface area is 115 Å². The quantitative estimate of drug-likeness (QED) is 0.532. The molecule has 2 rings (SSSR count). The van der Waals surface area contributed by atoms with Gasteiger partial charge in [-0.2, -0.15) is 4.98 Å². The van der Waals surface area contributed by atoms with E-state index in [1.54, 1.807) is 13.0 Å². The number of nitrogens with zero attached hydrogens (tertiary/aromatic N) is 3. The van der Waals surface area contributed by atoms with Gasteiger partial charge in [0.15, 0.2) is 5.82 Å². The summed E-state index contributed by atoms with van der Waals surface area (Å²) in [6.07, 6.45) is 1.98. The molecule has 1 amide bonds. The Bertz CT molecular complexity index is 610. The van der Waals surface area contributed by atoms with Crippen molar-refractivity contribution in [2.24, 2.45) is 5.84 Å². The Morgan fingerprint density at radius 1 is 1.45 bits per heavy atom. The minimum Gasteiger partial charge on any atom is -0.351 e. The molecule has 8 nitrogen and oxygen atoms in total. The summed E-state index contributed by atoms with van der Waals surface area (Å²) < 4.78 is 4.85. The zero-order valence-corrected chi connectivity index (χ0v) is 11.3. The summed E-state index contributed by atoms with van der Waals surface area (Å²) in [6, 6.07) is 1.71. The van der Waals surface area contributed by atoms with Gasteiger partial charge in [0.1, 0.15) is 0 Å². The van der Waals surface area contributed by atoms with Crippen molar-refractivity contribution in [3.8, 4) is 0 Å². The molecular formula is C12H16N6O2. The lowest BCUT2D eigenvalue weighted by molar-refractivity contribution is 0.0954. The van der Waals surface area contributed by atoms with E-state index in [4.69, 9.17) is 10.4 Å². The van der Waals surface area contributed by atoms with Crippen molar-refractivity contribution < 1.29 is 9.32 Å². The largest absolute Gasteiger partial charge is 0.351 e. The predicted octanol–water partition coefficient (Wildman–Crippen LogP) is 0.340. The van der Waals surface area contributed by atoms with Crippen molar-refractivity contribution in [1.82, 2.24) is 20.4 Å². The van der Waals surface area contributed by atoms with Crippen LogP contribution in [0, 0.1) is 13.8 Å². The van der Waals surface area contributed by atoms with Crippen LogP contribution in [0.5, 0.6) is 0 Å². The minimum atomic E-state index is -0.259. The number of anilines is 1. The van der Waals surface area contributed by atoms with Crippen LogP contribution in [-0.4, -0.2) is 27.6 Å². The second-order valence-electron chi connectivity index (χ2n) is 4.25. The smallest absolute Gasteiger partial charge is 0.255 e. The number of hydrogen-bond acceptors (Lipinski definition) is 7. The molecule has 0 bridgehead atoms. The molecule has 0 saturated carbocycles. The molecule has 0 atom stereocenters. The van der Waals surface area contributed by atoms with Crippen LogP contribution in [0.2, 0.25) is 0 Å². The van der Waals surface area contributed by atoms with Crippen molar-refractivity contribution >= 4 is 11.6 Å². The van der Waals surface area contributed by atoms with Crippen LogP contribution >= 0.6 is 0 Å². The van der Waals surface area contributed by atoms with Crippen LogP contribution in [0.1, 0.15) is 27.8 Å². The Hall–Kier alpha value is -2.48. The first-order valence-corrected chi connectivity index (χ1v) is 6.11. The molecule has 2 aromatic rings. The Morgan fingerprint density at radius 2 is 2.25 bits per heavy atom. The van der Waals surface area contributed by atoms with Crippen molar-refractivity contribution in [2.75, 3.05) is 12.0 Å². The van der Waals surface area contributed by atoms with Crippen LogP contribution in [0.15, 0.2) is 16.8 Å². The van der Waals surface area contributed by atoms with Gasteiger partial charge in [0, 0.05) is 31.8 Å². The monoisotopic (exact) mass is 276 g/mol. The number of hydrogen-bond donors (Lipinski definition) is 3. The molecule has 0 unspecified atom stereocenters. The van der Waals surface area contributed by atoms with Crippen molar-refractivity contribution in [3.63, 3.8) is 0 Å². The molecule has 0 aromatic carbocycles. The van der Waals surface area contributed by atoms with E-state index in [1.165, 1.54) is 6.20 Å². The SMILES string of the molecule is Cc1cc(NN)c(C(=O)NCCc2noc(C)n2)cn1. The average Bonchev–Trinajstić information content (AvgIpc) is 2.84. The second kappa shape index (κ2) is 6.11. The number of amides is 1. The van der Waals surface area contributed by atoms with E-state index >= 15 is 0 Å². The molecule has 2 aromatic heterocycles. The highest BCUT2D eigenvalue weighted by atomic mass is 16.5. The van der Waals surface area contributed by atoms with E-state index in [2.05, 4.69) is 25.9 Å². The molecular weight excluding hydrogens is 260 g/mol. The number of hydrazine groups is 1. The zero-order valence-electron chi connectivity index (χ0n) is 11.3. The van der Waals surface area contributed by atoms with Crippen LogP contribution in [0.3, 0.4) is 0 Å². The summed E-state index contributed by atoms with van der Waals surface area (Å²) in [5, 5.41) is 6.50. The first-order chi connectivity index (χ1) is 9.60. The van der Waals surface area contributed by atoms with Crippen LogP contribution in [0.4, 0.5) is 5.69 Å². The van der Waals surface area contributed by atoms with Gasteiger partial charge < -0.3 is 15.3 Å². The Kier molecular flexibility index (Phi) is 4.26. The molecule has 4 N–H and O–H groups in total. The maximum atomic E-state index is 12.0. The van der Waals surface area contributed by atoms with Crippen LogP contribution in [0.25, 0.3) is 0 Å². The number of nitrogen functional groups attached to an aromatic ring is 1. The molecule has 2 heterocycles. The third-order valence-electron chi connectivity index (χ3n) is 2.64. The third kappa shape index (κ3) is 3.29. The summed E-state index contributed by atoms with van der Waals surface area (Å²) in [6.45, 7) is 3.93. The maximum absolute atomic E-state index is 12.0. The number of nitrogens with two attached hydrogens (primary N) is 1. The van der Waals surface area contributed by atoms with E-state index in [0.717, 1.165) is 5.69 Å². The topological polar surface area (TPSA) is 119 Å². The summed E-state index contributed by atoms with van der Waals surface area (Å²) in [5.74, 6) is 6.19. The van der Waals surface area contributed by atoms with Crippen LogP contribution in [-0.2, 0) is 6.42 Å². The fraction of sp³-hybridized carbons (Fsp3) is 0.333. The number of carbonyl (C=O) groups excluding carboxylic acids is 1. The number of carbonyl (C=O) groups is 1. The van der Waals surface area contributed by atoms with E-state index in [9.17, 15) is 4.79 Å². The summed E-state index contributed by atoms with van der Waals surface area (Å²) in [7, 11) is 0. The molecule has 0 spiro atoms. The highest BCUT2D eigenvalue weighted by Gasteiger charge is 2.12. The van der Waals surface area contributed by atoms with Gasteiger partial charge in [0.05, 0.1) is 11.3 Å². The van der Waals surface area contributed by atoms with Gasteiger partial charge >= 0.3 is 0 Å². The number of aromatic nitrogens is 3. The lowest BCUT2D eigenvalue weighted by Gasteiger charge is -2.09. The van der Waals surface area contributed by atoms with Gasteiger partial charge in [-0.05, 0) is 13.0 Å². The van der Waals surface area contributed by atoms with E-state index in [-0.39, 0.29) is 5.91 Å². The summed E-state index contributed by atoms with van der Waals surface area (Å²) >= 11 is 0. The molecule has 0 aliphatic carbocycles. The van der Waals surface area contributed by atoms with Crippen LogP contribution < -0.4 is 16.6 Å². The molecule has 106 valence electrons. The molecule has 8 heteroatoms. The van der Waals surface area contributed by atoms with Crippen molar-refractivity contribution in [1.29, 1.82) is 0 Å². The number of aryl methyl sites for hydroxylation is 2. The van der Waals surface area contributed by atoms with Gasteiger partial charge in [0.2, 0.25) is 5.89 Å². The van der Waals surface area contributed by atoms with Crippen molar-refractivity contribution in [3.05, 3.63) is 35.2 Å². The fourth-order valence-corrected chi connectivity index (χ4v) is 1.69. The normalized spacial score (nSPS) is 10.3. The van der Waals surface area contributed by atoms with Crippen molar-refractivity contribution in [2.45, 2.75) is 20.3 Å². The lowest BCUT2D eigenvalue weighted by Crippen LogP contribution is -2.27. The van der Waals surface area contributed by atoms with Gasteiger partial charge in [0.25, 0.3) is 5.91 Å². The molecule has 0 saturated heterocycles. The molecule has 0 aliphatic heterocycles. The Morgan fingerprint density at radius 3 is 2.90 bits per heavy atom. The highest BCUT2D eigenvalue weighted by Crippen LogP contribution is 2.13. The maximum Gasteiger partial charge on any atom is 0.255 e. The average molecular weight is 276 g/mol. The lowest BCUT2D eigenvalue weighted by atomic mass is 10.2. The molecule has 0 aliphatic rings. The highest BCUT2D eigenvalue weighted by molar-refractivity contribution is 5.99. The third-order valence-corrected chi connectivity index (χ3v) is 2.64. The number of nitrogens with one attached hydrogen (secondary N) is 2. The summed E-state index contributed by atoms with van der Waals surface area (Å²) in [5.41, 5.74) is 4.19. The van der Waals surface area contributed by atoms with Gasteiger partial charge in [-0.3, -0.25) is 15.6 Å². The molecule has 20 heavy (non-hydrogen) atoms. The summed E-state index contributed by atoms with van der Waals surface area (Å²) in [4.78, 5) is 20.2. The first-order valence-electron chi connectivity index (χ1n) is 6.11. The predicted molar refractivity (Wildman–Crippen MR) is 71.9 cm³/mol. The number of pyridine rings is 1. The minimum absolute atomic E-state index is 0.259. The zero-order chi connectivity index (χ0) is 14.5. The Balaban J connectivity index is 1.95. The van der Waals surface area contributed by atoms with E-state index in [1.807, 2.05) is 6.92 Å². The number of rotatable bonds is 5. The molecule has 0 fully saturated rings. The van der Waals surface area contributed by atoms with Gasteiger partial charge in [-0.15, -0.1) is 0 Å². The second-order valence-corrected chi connectivity index (χ2v) is 4.25. The molecule has 0 radical (unpaired) electrons. The fourth-order valence-electron chi connectivity index (χ4n) is 1.69.